The standard InChI is InChI=1S/C17H19N3O3/c21-12-10-20(11-13-22)17(23)14-6-8-16(9-7-14)19-18-15-4-2-1-3-5-15/h1-9,21-22H,10-13H2. The predicted molar refractivity (Wildman–Crippen MR) is 87.1 cm³/mol. The van der Waals surface area contributed by atoms with Crippen LogP contribution in [0.5, 0.6) is 0 Å². The van der Waals surface area contributed by atoms with E-state index < -0.39 is 0 Å². The number of amides is 1. The first-order valence-corrected chi connectivity index (χ1v) is 7.32. The summed E-state index contributed by atoms with van der Waals surface area (Å²) in [6, 6.07) is 16.1. The third kappa shape index (κ3) is 4.98. The van der Waals surface area contributed by atoms with Gasteiger partial charge in [0.2, 0.25) is 0 Å². The number of rotatable bonds is 7. The van der Waals surface area contributed by atoms with Crippen molar-refractivity contribution in [2.45, 2.75) is 0 Å². The quantitative estimate of drug-likeness (QED) is 0.770. The van der Waals surface area contributed by atoms with Crippen LogP contribution in [0, 0.1) is 0 Å². The van der Waals surface area contributed by atoms with Gasteiger partial charge in [-0.15, -0.1) is 0 Å². The zero-order valence-electron chi connectivity index (χ0n) is 12.7. The summed E-state index contributed by atoms with van der Waals surface area (Å²) in [4.78, 5) is 13.7. The first-order chi connectivity index (χ1) is 11.2. The molecule has 0 heterocycles. The minimum absolute atomic E-state index is 0.144. The third-order valence-electron chi connectivity index (χ3n) is 3.18. The van der Waals surface area contributed by atoms with Crippen LogP contribution in [0.1, 0.15) is 10.4 Å². The van der Waals surface area contributed by atoms with Crippen LogP contribution in [0.4, 0.5) is 11.4 Å². The Balaban J connectivity index is 2.06. The van der Waals surface area contributed by atoms with Gasteiger partial charge in [-0.1, -0.05) is 18.2 Å². The van der Waals surface area contributed by atoms with Gasteiger partial charge in [-0.2, -0.15) is 10.2 Å². The summed E-state index contributed by atoms with van der Waals surface area (Å²) in [5, 5.41) is 26.2. The molecule has 6 nitrogen and oxygen atoms in total. The summed E-state index contributed by atoms with van der Waals surface area (Å²) in [5.41, 5.74) is 1.87. The monoisotopic (exact) mass is 313 g/mol. The predicted octanol–water partition coefficient (Wildman–Crippen LogP) is 2.53. The van der Waals surface area contributed by atoms with Crippen molar-refractivity contribution in [3.05, 3.63) is 60.2 Å². The summed E-state index contributed by atoms with van der Waals surface area (Å²) in [7, 11) is 0. The van der Waals surface area contributed by atoms with Gasteiger partial charge < -0.3 is 15.1 Å². The minimum Gasteiger partial charge on any atom is -0.395 e. The van der Waals surface area contributed by atoms with Crippen LogP contribution in [0.3, 0.4) is 0 Å². The SMILES string of the molecule is O=C(c1ccc(N=Nc2ccccc2)cc1)N(CCO)CCO. The Kier molecular flexibility index (Phi) is 6.40. The van der Waals surface area contributed by atoms with Crippen molar-refractivity contribution >= 4 is 17.3 Å². The van der Waals surface area contributed by atoms with Gasteiger partial charge in [0.05, 0.1) is 24.6 Å². The van der Waals surface area contributed by atoms with Crippen molar-refractivity contribution in [1.82, 2.24) is 4.90 Å². The molecule has 0 saturated carbocycles. The molecular formula is C17H19N3O3. The zero-order valence-corrected chi connectivity index (χ0v) is 12.7. The molecule has 2 N–H and O–H groups in total. The molecule has 0 aromatic heterocycles. The number of nitrogens with zero attached hydrogens (tertiary/aromatic N) is 3. The fraction of sp³-hybridized carbons (Fsp3) is 0.235. The highest BCUT2D eigenvalue weighted by molar-refractivity contribution is 5.94. The number of azo groups is 1. The van der Waals surface area contributed by atoms with E-state index in [1.807, 2.05) is 30.3 Å². The molecular weight excluding hydrogens is 294 g/mol. The van der Waals surface area contributed by atoms with Gasteiger partial charge in [0, 0.05) is 18.7 Å². The number of hydrogen-bond donors (Lipinski definition) is 2. The lowest BCUT2D eigenvalue weighted by Crippen LogP contribution is -2.35. The average Bonchev–Trinajstić information content (AvgIpc) is 2.60. The summed E-state index contributed by atoms with van der Waals surface area (Å²) in [6.07, 6.45) is 0. The van der Waals surface area contributed by atoms with Crippen LogP contribution < -0.4 is 0 Å². The normalized spacial score (nSPS) is 10.9. The first kappa shape index (κ1) is 16.8. The molecule has 0 aliphatic heterocycles. The van der Waals surface area contributed by atoms with Gasteiger partial charge in [0.15, 0.2) is 0 Å². The Morgan fingerprint density at radius 2 is 1.35 bits per heavy atom. The molecule has 23 heavy (non-hydrogen) atoms. The summed E-state index contributed by atoms with van der Waals surface area (Å²) in [5.74, 6) is -0.236. The highest BCUT2D eigenvalue weighted by Gasteiger charge is 2.14. The smallest absolute Gasteiger partial charge is 0.254 e. The zero-order chi connectivity index (χ0) is 16.5. The van der Waals surface area contributed by atoms with Gasteiger partial charge >= 0.3 is 0 Å². The van der Waals surface area contributed by atoms with Crippen molar-refractivity contribution in [1.29, 1.82) is 0 Å². The lowest BCUT2D eigenvalue weighted by Gasteiger charge is -2.20. The lowest BCUT2D eigenvalue weighted by atomic mass is 10.2. The van der Waals surface area contributed by atoms with E-state index in [2.05, 4.69) is 10.2 Å². The highest BCUT2D eigenvalue weighted by atomic mass is 16.3. The minimum atomic E-state index is -0.236. The van der Waals surface area contributed by atoms with E-state index in [0.29, 0.717) is 11.3 Å². The molecule has 0 saturated heterocycles. The lowest BCUT2D eigenvalue weighted by molar-refractivity contribution is 0.0685. The van der Waals surface area contributed by atoms with Crippen molar-refractivity contribution in [3.8, 4) is 0 Å². The van der Waals surface area contributed by atoms with Crippen LogP contribution in [0.15, 0.2) is 64.8 Å². The molecule has 0 fully saturated rings. The molecule has 6 heteroatoms. The van der Waals surface area contributed by atoms with E-state index in [0.717, 1.165) is 5.69 Å². The Labute approximate surface area is 134 Å². The van der Waals surface area contributed by atoms with Gasteiger partial charge in [-0.25, -0.2) is 0 Å². The van der Waals surface area contributed by atoms with Crippen molar-refractivity contribution in [3.63, 3.8) is 0 Å². The molecule has 120 valence electrons. The summed E-state index contributed by atoms with van der Waals surface area (Å²) in [6.45, 7) is 0.0912. The average molecular weight is 313 g/mol. The summed E-state index contributed by atoms with van der Waals surface area (Å²) >= 11 is 0. The molecule has 0 aliphatic carbocycles. The molecule has 0 spiro atoms. The number of carbonyl (C=O) groups is 1. The topological polar surface area (TPSA) is 85.5 Å². The molecule has 1 amide bonds. The van der Waals surface area contributed by atoms with E-state index in [1.165, 1.54) is 4.90 Å². The van der Waals surface area contributed by atoms with Crippen molar-refractivity contribution < 1.29 is 15.0 Å². The maximum Gasteiger partial charge on any atom is 0.254 e. The first-order valence-electron chi connectivity index (χ1n) is 7.32. The van der Waals surface area contributed by atoms with Gasteiger partial charge in [0.1, 0.15) is 0 Å². The Morgan fingerprint density at radius 1 is 0.826 bits per heavy atom. The molecule has 2 aromatic rings. The fourth-order valence-corrected chi connectivity index (χ4v) is 2.02. The largest absolute Gasteiger partial charge is 0.395 e. The fourth-order valence-electron chi connectivity index (χ4n) is 2.02. The molecule has 0 bridgehead atoms. The molecule has 0 aliphatic rings. The second-order valence-corrected chi connectivity index (χ2v) is 4.82. The van der Waals surface area contributed by atoms with Crippen LogP contribution in [-0.2, 0) is 0 Å². The van der Waals surface area contributed by atoms with Gasteiger partial charge in [0.25, 0.3) is 5.91 Å². The van der Waals surface area contributed by atoms with E-state index >= 15 is 0 Å². The Hall–Kier alpha value is -2.57. The van der Waals surface area contributed by atoms with Crippen LogP contribution >= 0.6 is 0 Å². The van der Waals surface area contributed by atoms with Crippen LogP contribution in [0.25, 0.3) is 0 Å². The van der Waals surface area contributed by atoms with Crippen LogP contribution in [-0.4, -0.2) is 47.3 Å². The van der Waals surface area contributed by atoms with Gasteiger partial charge in [-0.3, -0.25) is 4.79 Å². The summed E-state index contributed by atoms with van der Waals surface area (Å²) < 4.78 is 0. The number of aliphatic hydroxyl groups excluding tert-OH is 2. The number of aliphatic hydroxyl groups is 2. The third-order valence-corrected chi connectivity index (χ3v) is 3.18. The second kappa shape index (κ2) is 8.77. The van der Waals surface area contributed by atoms with E-state index in [9.17, 15) is 4.79 Å². The van der Waals surface area contributed by atoms with E-state index in [-0.39, 0.29) is 32.2 Å². The number of carbonyl (C=O) groups excluding carboxylic acids is 1. The van der Waals surface area contributed by atoms with Crippen molar-refractivity contribution in [2.75, 3.05) is 26.3 Å². The van der Waals surface area contributed by atoms with Crippen molar-refractivity contribution in [2.24, 2.45) is 10.2 Å². The number of benzene rings is 2. The molecule has 2 rings (SSSR count). The van der Waals surface area contributed by atoms with E-state index in [4.69, 9.17) is 10.2 Å². The van der Waals surface area contributed by atoms with Gasteiger partial charge in [-0.05, 0) is 36.4 Å². The van der Waals surface area contributed by atoms with E-state index in [1.54, 1.807) is 24.3 Å². The molecule has 2 aromatic carbocycles. The molecule has 0 atom stereocenters. The number of hydrogen-bond acceptors (Lipinski definition) is 5. The van der Waals surface area contributed by atoms with Crippen LogP contribution in [0.2, 0.25) is 0 Å². The Bertz CT molecular complexity index is 636. The Morgan fingerprint density at radius 3 is 1.87 bits per heavy atom. The maximum atomic E-state index is 12.3. The molecule has 0 unspecified atom stereocenters. The maximum absolute atomic E-state index is 12.3. The highest BCUT2D eigenvalue weighted by Crippen LogP contribution is 2.18. The molecule has 0 radical (unpaired) electrons. The second-order valence-electron chi connectivity index (χ2n) is 4.82.